The molecule has 0 aliphatic carbocycles. The predicted octanol–water partition coefficient (Wildman–Crippen LogP) is 4.58. The SMILES string of the molecule is O=S(=O)(c1ccc(Cl)cc1)c1nnn2c1nc(NCc1ccccc1F)c1sccc12. The predicted molar refractivity (Wildman–Crippen MR) is 117 cm³/mol. The van der Waals surface area contributed by atoms with Crippen LogP contribution in [0.15, 0.2) is 69.9 Å². The van der Waals surface area contributed by atoms with Crippen molar-refractivity contribution in [3.05, 3.63) is 76.4 Å². The molecule has 31 heavy (non-hydrogen) atoms. The van der Waals surface area contributed by atoms with Crippen molar-refractivity contribution >= 4 is 54.5 Å². The summed E-state index contributed by atoms with van der Waals surface area (Å²) < 4.78 is 42.5. The first-order chi connectivity index (χ1) is 14.9. The number of halogens is 2. The Kier molecular flexibility index (Phi) is 4.84. The molecule has 0 amide bonds. The van der Waals surface area contributed by atoms with E-state index in [9.17, 15) is 12.8 Å². The Labute approximate surface area is 185 Å². The van der Waals surface area contributed by atoms with Gasteiger partial charge in [-0.25, -0.2) is 17.8 Å². The highest BCUT2D eigenvalue weighted by Gasteiger charge is 2.27. The number of hydrogen-bond donors (Lipinski definition) is 1. The number of rotatable bonds is 5. The smallest absolute Gasteiger partial charge is 0.229 e. The standard InChI is InChI=1S/C20H13ClFN5O2S2/c21-13-5-7-14(8-6-13)31(28,29)20-19-24-18(23-11-12-3-1-2-4-15(12)22)17-16(9-10-30-17)27(19)26-25-20/h1-10H,11H2,(H,23,24). The fourth-order valence-electron chi connectivity index (χ4n) is 3.16. The van der Waals surface area contributed by atoms with Crippen molar-refractivity contribution < 1.29 is 12.8 Å². The molecule has 0 aliphatic rings. The van der Waals surface area contributed by atoms with Crippen LogP contribution in [0, 0.1) is 5.82 Å². The summed E-state index contributed by atoms with van der Waals surface area (Å²) in [6.07, 6.45) is 0. The van der Waals surface area contributed by atoms with E-state index < -0.39 is 9.84 Å². The quantitative estimate of drug-likeness (QED) is 0.402. The maximum absolute atomic E-state index is 14.0. The van der Waals surface area contributed by atoms with Crippen molar-refractivity contribution in [2.75, 3.05) is 5.32 Å². The molecule has 2 aromatic carbocycles. The lowest BCUT2D eigenvalue weighted by Gasteiger charge is -2.09. The average molecular weight is 474 g/mol. The number of thiophene rings is 1. The molecule has 156 valence electrons. The van der Waals surface area contributed by atoms with Gasteiger partial charge in [-0.2, -0.15) is 4.52 Å². The highest BCUT2D eigenvalue weighted by Crippen LogP contribution is 2.31. The Morgan fingerprint density at radius 2 is 1.87 bits per heavy atom. The third-order valence-electron chi connectivity index (χ3n) is 4.70. The Bertz CT molecular complexity index is 1530. The molecule has 5 aromatic rings. The zero-order chi connectivity index (χ0) is 21.6. The van der Waals surface area contributed by atoms with Gasteiger partial charge in [0.25, 0.3) is 0 Å². The van der Waals surface area contributed by atoms with Gasteiger partial charge in [0, 0.05) is 17.1 Å². The molecular weight excluding hydrogens is 461 g/mol. The fourth-order valence-corrected chi connectivity index (χ4v) is 5.36. The number of anilines is 1. The zero-order valence-electron chi connectivity index (χ0n) is 15.7. The molecule has 11 heteroatoms. The normalized spacial score (nSPS) is 11.9. The van der Waals surface area contributed by atoms with Crippen LogP contribution in [-0.2, 0) is 16.4 Å². The molecule has 0 bridgehead atoms. The monoisotopic (exact) mass is 473 g/mol. The van der Waals surface area contributed by atoms with Crippen LogP contribution in [0.3, 0.4) is 0 Å². The summed E-state index contributed by atoms with van der Waals surface area (Å²) in [5, 5.41) is 13.0. The van der Waals surface area contributed by atoms with Crippen LogP contribution >= 0.6 is 22.9 Å². The van der Waals surface area contributed by atoms with Crippen LogP contribution < -0.4 is 5.32 Å². The van der Waals surface area contributed by atoms with Gasteiger partial charge in [0.15, 0.2) is 5.65 Å². The van der Waals surface area contributed by atoms with E-state index in [2.05, 4.69) is 20.6 Å². The first-order valence-electron chi connectivity index (χ1n) is 9.06. The van der Waals surface area contributed by atoms with Crippen molar-refractivity contribution in [2.24, 2.45) is 0 Å². The van der Waals surface area contributed by atoms with Gasteiger partial charge in [0.05, 0.1) is 15.1 Å². The van der Waals surface area contributed by atoms with E-state index in [4.69, 9.17) is 11.6 Å². The molecule has 3 heterocycles. The summed E-state index contributed by atoms with van der Waals surface area (Å²) in [5.74, 6) is 0.0890. The maximum atomic E-state index is 14.0. The molecule has 0 radical (unpaired) electrons. The van der Waals surface area contributed by atoms with Crippen molar-refractivity contribution in [1.29, 1.82) is 0 Å². The summed E-state index contributed by atoms with van der Waals surface area (Å²) in [4.78, 5) is 4.53. The highest BCUT2D eigenvalue weighted by molar-refractivity contribution is 7.91. The second-order valence-corrected chi connectivity index (χ2v) is 9.85. The van der Waals surface area contributed by atoms with Crippen molar-refractivity contribution in [3.8, 4) is 0 Å². The molecule has 0 saturated carbocycles. The molecule has 0 saturated heterocycles. The Balaban J connectivity index is 1.63. The third-order valence-corrected chi connectivity index (χ3v) is 7.53. The topological polar surface area (TPSA) is 89.2 Å². The number of fused-ring (bicyclic) bond motifs is 3. The number of nitrogens with zero attached hydrogens (tertiary/aromatic N) is 4. The van der Waals surface area contributed by atoms with Crippen LogP contribution in [-0.4, -0.2) is 28.2 Å². The largest absolute Gasteiger partial charge is 0.365 e. The van der Waals surface area contributed by atoms with E-state index in [-0.39, 0.29) is 27.9 Å². The summed E-state index contributed by atoms with van der Waals surface area (Å²) in [5.41, 5.74) is 1.20. The minimum absolute atomic E-state index is 0.0346. The molecule has 0 aliphatic heterocycles. The highest BCUT2D eigenvalue weighted by atomic mass is 35.5. The average Bonchev–Trinajstić information content (AvgIpc) is 3.40. The number of sulfone groups is 1. The van der Waals surface area contributed by atoms with E-state index >= 15 is 0 Å². The van der Waals surface area contributed by atoms with E-state index in [1.165, 1.54) is 46.2 Å². The molecule has 7 nitrogen and oxygen atoms in total. The number of benzene rings is 2. The number of nitrogens with one attached hydrogen (secondary N) is 1. The lowest BCUT2D eigenvalue weighted by molar-refractivity contribution is 0.592. The van der Waals surface area contributed by atoms with Gasteiger partial charge in [-0.05, 0) is 41.8 Å². The molecular formula is C20H13ClFN5O2S2. The minimum Gasteiger partial charge on any atom is -0.365 e. The summed E-state index contributed by atoms with van der Waals surface area (Å²) in [7, 11) is -3.98. The number of aromatic nitrogens is 4. The van der Waals surface area contributed by atoms with E-state index in [1.54, 1.807) is 24.3 Å². The number of hydrogen-bond acceptors (Lipinski definition) is 7. The first-order valence-corrected chi connectivity index (χ1v) is 11.8. The van der Waals surface area contributed by atoms with Crippen LogP contribution in [0.5, 0.6) is 0 Å². The van der Waals surface area contributed by atoms with Crippen LogP contribution in [0.1, 0.15) is 5.56 Å². The molecule has 3 aromatic heterocycles. The summed E-state index contributed by atoms with van der Waals surface area (Å²) in [6, 6.07) is 14.0. The molecule has 0 unspecified atom stereocenters. The van der Waals surface area contributed by atoms with Gasteiger partial charge in [-0.15, -0.1) is 16.4 Å². The van der Waals surface area contributed by atoms with E-state index in [0.717, 1.165) is 4.70 Å². The Morgan fingerprint density at radius 3 is 2.65 bits per heavy atom. The molecule has 5 rings (SSSR count). The lowest BCUT2D eigenvalue weighted by atomic mass is 10.2. The van der Waals surface area contributed by atoms with Gasteiger partial charge in [0.2, 0.25) is 14.9 Å². The second-order valence-electron chi connectivity index (χ2n) is 6.63. The molecule has 1 N–H and O–H groups in total. The molecule has 0 spiro atoms. The molecule has 0 atom stereocenters. The van der Waals surface area contributed by atoms with Gasteiger partial charge in [-0.3, -0.25) is 0 Å². The minimum atomic E-state index is -3.98. The summed E-state index contributed by atoms with van der Waals surface area (Å²) in [6.45, 7) is 0.184. The van der Waals surface area contributed by atoms with Crippen molar-refractivity contribution in [1.82, 2.24) is 19.8 Å². The zero-order valence-corrected chi connectivity index (χ0v) is 18.0. The lowest BCUT2D eigenvalue weighted by Crippen LogP contribution is -2.07. The summed E-state index contributed by atoms with van der Waals surface area (Å²) >= 11 is 7.29. The van der Waals surface area contributed by atoms with Crippen LogP contribution in [0.2, 0.25) is 5.02 Å². The van der Waals surface area contributed by atoms with Crippen molar-refractivity contribution in [2.45, 2.75) is 16.5 Å². The van der Waals surface area contributed by atoms with Crippen LogP contribution in [0.4, 0.5) is 10.2 Å². The van der Waals surface area contributed by atoms with Gasteiger partial charge in [-0.1, -0.05) is 35.0 Å². The first kappa shape index (κ1) is 19.9. The fraction of sp³-hybridized carbons (Fsp3) is 0.0500. The van der Waals surface area contributed by atoms with Gasteiger partial charge >= 0.3 is 0 Å². The van der Waals surface area contributed by atoms with E-state index in [0.29, 0.717) is 21.9 Å². The second kappa shape index (κ2) is 7.56. The molecule has 0 fully saturated rings. The van der Waals surface area contributed by atoms with Gasteiger partial charge in [0.1, 0.15) is 11.6 Å². The van der Waals surface area contributed by atoms with E-state index in [1.807, 2.05) is 5.38 Å². The maximum Gasteiger partial charge on any atom is 0.229 e. The van der Waals surface area contributed by atoms with Gasteiger partial charge < -0.3 is 5.32 Å². The Hall–Kier alpha value is -3.08. The van der Waals surface area contributed by atoms with Crippen molar-refractivity contribution in [3.63, 3.8) is 0 Å². The van der Waals surface area contributed by atoms with Crippen LogP contribution in [0.25, 0.3) is 15.9 Å². The third kappa shape index (κ3) is 3.42. The Morgan fingerprint density at radius 1 is 1.10 bits per heavy atom.